The van der Waals surface area contributed by atoms with Crippen molar-refractivity contribution in [3.05, 3.63) is 65.7 Å². The van der Waals surface area contributed by atoms with Crippen LogP contribution in [-0.4, -0.2) is 48.9 Å². The summed E-state index contributed by atoms with van der Waals surface area (Å²) in [5.74, 6) is 0.336. The number of nitrogens with zero attached hydrogens (tertiary/aromatic N) is 2. The number of carbonyl (C=O) groups is 2. The van der Waals surface area contributed by atoms with E-state index in [0.29, 0.717) is 18.9 Å². The van der Waals surface area contributed by atoms with E-state index in [9.17, 15) is 9.59 Å². The summed E-state index contributed by atoms with van der Waals surface area (Å²) in [7, 11) is 0. The van der Waals surface area contributed by atoms with Crippen LogP contribution >= 0.6 is 0 Å². The highest BCUT2D eigenvalue weighted by Gasteiger charge is 2.21. The van der Waals surface area contributed by atoms with Gasteiger partial charge in [-0.1, -0.05) is 61.7 Å². The maximum Gasteiger partial charge on any atom is 0.242 e. The van der Waals surface area contributed by atoms with Crippen molar-refractivity contribution in [2.75, 3.05) is 31.1 Å². The molecule has 1 aliphatic carbocycles. The lowest BCUT2D eigenvalue weighted by Gasteiger charge is -2.36. The van der Waals surface area contributed by atoms with Crippen LogP contribution < -0.4 is 15.5 Å². The molecule has 0 aromatic heterocycles. The van der Waals surface area contributed by atoms with Gasteiger partial charge in [-0.25, -0.2) is 0 Å². The van der Waals surface area contributed by atoms with Gasteiger partial charge in [0, 0.05) is 51.4 Å². The maximum absolute atomic E-state index is 12.7. The second-order valence-corrected chi connectivity index (χ2v) is 10.1. The van der Waals surface area contributed by atoms with Crippen molar-refractivity contribution in [3.63, 3.8) is 0 Å². The standard InChI is InChI=1S/C29H40N4O2/c1-23(31-28(34)20-24-10-4-2-5-11-24)29(35)30-21-25-12-8-9-13-26(25)22-32-16-18-33(19-17-32)27-14-6-3-7-15-27/h3,6-9,12-15,23-24H,2,4-5,10-11,16-22H2,1H3,(H,30,35)(H,31,34). The highest BCUT2D eigenvalue weighted by molar-refractivity contribution is 5.87. The number of rotatable bonds is 9. The normalized spacial score (nSPS) is 18.1. The van der Waals surface area contributed by atoms with Gasteiger partial charge in [0.15, 0.2) is 0 Å². The molecule has 35 heavy (non-hydrogen) atoms. The second kappa shape index (κ2) is 12.7. The highest BCUT2D eigenvalue weighted by atomic mass is 16.2. The molecule has 1 aliphatic heterocycles. The van der Waals surface area contributed by atoms with E-state index in [1.165, 1.54) is 30.5 Å². The van der Waals surface area contributed by atoms with E-state index in [-0.39, 0.29) is 11.8 Å². The van der Waals surface area contributed by atoms with E-state index < -0.39 is 6.04 Å². The first-order chi connectivity index (χ1) is 17.1. The molecule has 0 spiro atoms. The summed E-state index contributed by atoms with van der Waals surface area (Å²) in [5, 5.41) is 5.93. The molecule has 1 saturated heterocycles. The molecule has 1 unspecified atom stereocenters. The Morgan fingerprint density at radius 2 is 1.54 bits per heavy atom. The Hall–Kier alpha value is -2.86. The number of para-hydroxylation sites is 1. The highest BCUT2D eigenvalue weighted by Crippen LogP contribution is 2.26. The van der Waals surface area contributed by atoms with Crippen LogP contribution in [0.5, 0.6) is 0 Å². The molecule has 2 N–H and O–H groups in total. The molecule has 2 aromatic carbocycles. The van der Waals surface area contributed by atoms with Gasteiger partial charge in [-0.2, -0.15) is 0 Å². The zero-order valence-corrected chi connectivity index (χ0v) is 21.0. The van der Waals surface area contributed by atoms with E-state index in [2.05, 4.69) is 69.0 Å². The number of amides is 2. The number of carbonyl (C=O) groups excluding carboxylic acids is 2. The van der Waals surface area contributed by atoms with Crippen molar-refractivity contribution in [1.29, 1.82) is 0 Å². The molecule has 2 aromatic rings. The van der Waals surface area contributed by atoms with Gasteiger partial charge in [-0.05, 0) is 48.9 Å². The van der Waals surface area contributed by atoms with Crippen molar-refractivity contribution in [2.24, 2.45) is 5.92 Å². The molecular weight excluding hydrogens is 436 g/mol. The molecule has 1 atom stereocenters. The Kier molecular flexibility index (Phi) is 9.18. The number of nitrogens with one attached hydrogen (secondary N) is 2. The fourth-order valence-electron chi connectivity index (χ4n) is 5.28. The summed E-state index contributed by atoms with van der Waals surface area (Å²) < 4.78 is 0. The number of piperazine rings is 1. The summed E-state index contributed by atoms with van der Waals surface area (Å²) in [5.41, 5.74) is 3.66. The predicted octanol–water partition coefficient (Wildman–Crippen LogP) is 4.10. The third-order valence-corrected chi connectivity index (χ3v) is 7.43. The first-order valence-corrected chi connectivity index (χ1v) is 13.2. The van der Waals surface area contributed by atoms with Gasteiger partial charge >= 0.3 is 0 Å². The average molecular weight is 477 g/mol. The Morgan fingerprint density at radius 3 is 2.26 bits per heavy atom. The van der Waals surface area contributed by atoms with Gasteiger partial charge in [0.1, 0.15) is 6.04 Å². The van der Waals surface area contributed by atoms with Gasteiger partial charge in [0.2, 0.25) is 11.8 Å². The molecule has 1 heterocycles. The van der Waals surface area contributed by atoms with Gasteiger partial charge in [-0.15, -0.1) is 0 Å². The first kappa shape index (κ1) is 25.2. The molecule has 4 rings (SSSR count). The quantitative estimate of drug-likeness (QED) is 0.572. The van der Waals surface area contributed by atoms with E-state index in [1.807, 2.05) is 6.07 Å². The Bertz CT molecular complexity index is 950. The summed E-state index contributed by atoms with van der Waals surface area (Å²) in [6, 6.07) is 18.4. The minimum atomic E-state index is -0.524. The second-order valence-electron chi connectivity index (χ2n) is 10.1. The van der Waals surface area contributed by atoms with Gasteiger partial charge < -0.3 is 15.5 Å². The van der Waals surface area contributed by atoms with Crippen LogP contribution in [-0.2, 0) is 22.7 Å². The van der Waals surface area contributed by atoms with Crippen molar-refractivity contribution >= 4 is 17.5 Å². The maximum atomic E-state index is 12.7. The largest absolute Gasteiger partial charge is 0.369 e. The summed E-state index contributed by atoms with van der Waals surface area (Å²) in [4.78, 5) is 30.0. The van der Waals surface area contributed by atoms with Crippen LogP contribution in [0.25, 0.3) is 0 Å². The fraction of sp³-hybridized carbons (Fsp3) is 0.517. The van der Waals surface area contributed by atoms with Gasteiger partial charge in [0.05, 0.1) is 0 Å². The molecule has 0 bridgehead atoms. The molecule has 188 valence electrons. The van der Waals surface area contributed by atoms with E-state index in [1.54, 1.807) is 6.92 Å². The zero-order valence-electron chi connectivity index (χ0n) is 21.0. The van der Waals surface area contributed by atoms with E-state index in [4.69, 9.17) is 0 Å². The van der Waals surface area contributed by atoms with Gasteiger partial charge in [0.25, 0.3) is 0 Å². The zero-order chi connectivity index (χ0) is 24.5. The lowest BCUT2D eigenvalue weighted by Crippen LogP contribution is -2.46. The molecule has 2 fully saturated rings. The molecule has 0 radical (unpaired) electrons. The number of hydrogen-bond acceptors (Lipinski definition) is 4. The lowest BCUT2D eigenvalue weighted by molar-refractivity contribution is -0.129. The third-order valence-electron chi connectivity index (χ3n) is 7.43. The molecule has 2 amide bonds. The van der Waals surface area contributed by atoms with Gasteiger partial charge in [-0.3, -0.25) is 14.5 Å². The van der Waals surface area contributed by atoms with Crippen LogP contribution in [0, 0.1) is 5.92 Å². The predicted molar refractivity (Wildman–Crippen MR) is 141 cm³/mol. The van der Waals surface area contributed by atoms with Crippen LogP contribution in [0.15, 0.2) is 54.6 Å². The van der Waals surface area contributed by atoms with Crippen molar-refractivity contribution in [1.82, 2.24) is 15.5 Å². The minimum absolute atomic E-state index is 0.00500. The number of benzene rings is 2. The van der Waals surface area contributed by atoms with E-state index >= 15 is 0 Å². The smallest absolute Gasteiger partial charge is 0.242 e. The van der Waals surface area contributed by atoms with E-state index in [0.717, 1.165) is 51.1 Å². The van der Waals surface area contributed by atoms with Crippen molar-refractivity contribution in [3.8, 4) is 0 Å². The molecule has 6 nitrogen and oxygen atoms in total. The SMILES string of the molecule is CC(NC(=O)CC1CCCCC1)C(=O)NCc1ccccc1CN1CCN(c2ccccc2)CC1. The van der Waals surface area contributed by atoms with Crippen molar-refractivity contribution < 1.29 is 9.59 Å². The Labute approximate surface area is 210 Å². The summed E-state index contributed by atoms with van der Waals surface area (Å²) in [6.45, 7) is 7.18. The monoisotopic (exact) mass is 476 g/mol. The van der Waals surface area contributed by atoms with Crippen LogP contribution in [0.3, 0.4) is 0 Å². The number of hydrogen-bond donors (Lipinski definition) is 2. The Morgan fingerprint density at radius 1 is 0.886 bits per heavy atom. The molecule has 2 aliphatic rings. The van der Waals surface area contributed by atoms with Crippen LogP contribution in [0.4, 0.5) is 5.69 Å². The molecule has 6 heteroatoms. The number of anilines is 1. The topological polar surface area (TPSA) is 64.7 Å². The average Bonchev–Trinajstić information content (AvgIpc) is 2.89. The third kappa shape index (κ3) is 7.56. The minimum Gasteiger partial charge on any atom is -0.369 e. The Balaban J connectivity index is 1.23. The summed E-state index contributed by atoms with van der Waals surface area (Å²) >= 11 is 0. The summed E-state index contributed by atoms with van der Waals surface area (Å²) in [6.07, 6.45) is 6.52. The van der Waals surface area contributed by atoms with Crippen LogP contribution in [0.1, 0.15) is 56.6 Å². The molecule has 1 saturated carbocycles. The molecular formula is C29H40N4O2. The van der Waals surface area contributed by atoms with Crippen molar-refractivity contribution in [2.45, 2.75) is 64.6 Å². The lowest BCUT2D eigenvalue weighted by atomic mass is 9.87. The first-order valence-electron chi connectivity index (χ1n) is 13.2. The fourth-order valence-corrected chi connectivity index (χ4v) is 5.28. The van der Waals surface area contributed by atoms with Crippen LogP contribution in [0.2, 0.25) is 0 Å².